The van der Waals surface area contributed by atoms with Gasteiger partial charge in [-0.05, 0) is 43.0 Å². The lowest BCUT2D eigenvalue weighted by Crippen LogP contribution is -2.00. The third-order valence-corrected chi connectivity index (χ3v) is 3.04. The molecule has 2 rings (SSSR count). The summed E-state index contributed by atoms with van der Waals surface area (Å²) in [5, 5.41) is 10.0. The highest BCUT2D eigenvalue weighted by Crippen LogP contribution is 2.19. The first kappa shape index (κ1) is 12.8. The normalized spacial score (nSPS) is 12.4. The smallest absolute Gasteiger partial charge is 0.123 e. The zero-order valence-electron chi connectivity index (χ0n) is 10.4. The Labute approximate surface area is 107 Å². The fraction of sp³-hybridized carbons (Fsp3) is 0.250. The first-order valence-electron chi connectivity index (χ1n) is 6.14. The molecular weight excluding hydrogens is 227 g/mol. The highest BCUT2D eigenvalue weighted by Gasteiger charge is 2.07. The number of aliphatic hydroxyl groups is 1. The maximum Gasteiger partial charge on any atom is 0.123 e. The van der Waals surface area contributed by atoms with Crippen LogP contribution in [0.1, 0.15) is 29.2 Å². The van der Waals surface area contributed by atoms with E-state index in [-0.39, 0.29) is 5.82 Å². The molecule has 0 aromatic heterocycles. The van der Waals surface area contributed by atoms with E-state index in [0.29, 0.717) is 6.42 Å². The molecule has 0 radical (unpaired) electrons. The van der Waals surface area contributed by atoms with Gasteiger partial charge in [0.1, 0.15) is 5.82 Å². The fourth-order valence-electron chi connectivity index (χ4n) is 2.02. The molecule has 1 nitrogen and oxygen atoms in total. The summed E-state index contributed by atoms with van der Waals surface area (Å²) in [7, 11) is 0. The summed E-state index contributed by atoms with van der Waals surface area (Å²) in [6, 6.07) is 14.3. The third kappa shape index (κ3) is 3.41. The van der Waals surface area contributed by atoms with Crippen LogP contribution in [0, 0.1) is 12.7 Å². The third-order valence-electron chi connectivity index (χ3n) is 3.04. The second-order valence-corrected chi connectivity index (χ2v) is 4.60. The predicted molar refractivity (Wildman–Crippen MR) is 70.9 cm³/mol. The number of aliphatic hydroxyl groups excluding tert-OH is 1. The van der Waals surface area contributed by atoms with Crippen LogP contribution in [0.2, 0.25) is 0 Å². The van der Waals surface area contributed by atoms with Crippen LogP contribution in [0.15, 0.2) is 48.5 Å². The van der Waals surface area contributed by atoms with Gasteiger partial charge in [-0.15, -0.1) is 0 Å². The van der Waals surface area contributed by atoms with Gasteiger partial charge < -0.3 is 5.11 Å². The molecule has 0 amide bonds. The van der Waals surface area contributed by atoms with Crippen molar-refractivity contribution >= 4 is 0 Å². The lowest BCUT2D eigenvalue weighted by molar-refractivity contribution is 0.167. The Balaban J connectivity index is 1.96. The molecule has 0 aliphatic rings. The molecule has 2 aromatic carbocycles. The highest BCUT2D eigenvalue weighted by atomic mass is 19.1. The molecule has 94 valence electrons. The molecular formula is C16H17FO. The van der Waals surface area contributed by atoms with Crippen LogP contribution in [0.5, 0.6) is 0 Å². The topological polar surface area (TPSA) is 20.2 Å². The van der Waals surface area contributed by atoms with Gasteiger partial charge in [0.05, 0.1) is 6.10 Å². The summed E-state index contributed by atoms with van der Waals surface area (Å²) < 4.78 is 12.8. The lowest BCUT2D eigenvalue weighted by Gasteiger charge is -2.11. The van der Waals surface area contributed by atoms with Crippen LogP contribution in [0.25, 0.3) is 0 Å². The van der Waals surface area contributed by atoms with Gasteiger partial charge in [-0.3, -0.25) is 0 Å². The van der Waals surface area contributed by atoms with Gasteiger partial charge in [-0.1, -0.05) is 42.0 Å². The van der Waals surface area contributed by atoms with Crippen molar-refractivity contribution < 1.29 is 9.50 Å². The molecule has 0 saturated carbocycles. The van der Waals surface area contributed by atoms with Crippen molar-refractivity contribution in [3.63, 3.8) is 0 Å². The number of halogens is 1. The monoisotopic (exact) mass is 244 g/mol. The van der Waals surface area contributed by atoms with Crippen molar-refractivity contribution in [3.05, 3.63) is 71.0 Å². The van der Waals surface area contributed by atoms with E-state index in [0.717, 1.165) is 12.0 Å². The van der Waals surface area contributed by atoms with Gasteiger partial charge in [0.15, 0.2) is 0 Å². The molecule has 0 fully saturated rings. The SMILES string of the molecule is Cc1cccc(CCC(O)c2ccc(F)cc2)c1. The molecule has 0 heterocycles. The number of hydrogen-bond donors (Lipinski definition) is 1. The van der Waals surface area contributed by atoms with Gasteiger partial charge in [0.25, 0.3) is 0 Å². The van der Waals surface area contributed by atoms with Gasteiger partial charge >= 0.3 is 0 Å². The summed E-state index contributed by atoms with van der Waals surface area (Å²) in [6.45, 7) is 2.06. The standard InChI is InChI=1S/C16H17FO/c1-12-3-2-4-13(11-12)5-10-16(18)14-6-8-15(17)9-7-14/h2-4,6-9,11,16,18H,5,10H2,1H3. The van der Waals surface area contributed by atoms with E-state index in [2.05, 4.69) is 25.1 Å². The van der Waals surface area contributed by atoms with Gasteiger partial charge in [-0.25, -0.2) is 4.39 Å². The Kier molecular flexibility index (Phi) is 4.11. The average molecular weight is 244 g/mol. The van der Waals surface area contributed by atoms with E-state index in [1.165, 1.54) is 23.3 Å². The van der Waals surface area contributed by atoms with Gasteiger partial charge in [0, 0.05) is 0 Å². The van der Waals surface area contributed by atoms with Crippen LogP contribution in [-0.2, 0) is 6.42 Å². The zero-order valence-corrected chi connectivity index (χ0v) is 10.4. The summed E-state index contributed by atoms with van der Waals surface area (Å²) in [5.41, 5.74) is 3.21. The van der Waals surface area contributed by atoms with Crippen LogP contribution >= 0.6 is 0 Å². The number of benzene rings is 2. The Morgan fingerprint density at radius 2 is 1.83 bits per heavy atom. The predicted octanol–water partition coefficient (Wildman–Crippen LogP) is 3.80. The molecule has 2 heteroatoms. The summed E-state index contributed by atoms with van der Waals surface area (Å²) >= 11 is 0. The molecule has 0 bridgehead atoms. The van der Waals surface area contributed by atoms with Crippen LogP contribution < -0.4 is 0 Å². The molecule has 18 heavy (non-hydrogen) atoms. The van der Waals surface area contributed by atoms with Crippen LogP contribution in [-0.4, -0.2) is 5.11 Å². The first-order chi connectivity index (χ1) is 8.65. The molecule has 2 aromatic rings. The summed E-state index contributed by atoms with van der Waals surface area (Å²) in [5.74, 6) is -0.273. The molecule has 0 spiro atoms. The highest BCUT2D eigenvalue weighted by molar-refractivity contribution is 5.23. The molecule has 0 aliphatic carbocycles. The average Bonchev–Trinajstić information content (AvgIpc) is 2.37. The van der Waals surface area contributed by atoms with Gasteiger partial charge in [-0.2, -0.15) is 0 Å². The lowest BCUT2D eigenvalue weighted by atomic mass is 10.0. The Morgan fingerprint density at radius 3 is 2.50 bits per heavy atom. The number of rotatable bonds is 4. The minimum atomic E-state index is -0.536. The van der Waals surface area contributed by atoms with Gasteiger partial charge in [0.2, 0.25) is 0 Å². The molecule has 1 atom stereocenters. The minimum absolute atomic E-state index is 0.273. The maximum absolute atomic E-state index is 12.8. The fourth-order valence-corrected chi connectivity index (χ4v) is 2.02. The van der Waals surface area contributed by atoms with Crippen molar-refractivity contribution in [2.75, 3.05) is 0 Å². The number of hydrogen-bond acceptors (Lipinski definition) is 1. The second-order valence-electron chi connectivity index (χ2n) is 4.60. The van der Waals surface area contributed by atoms with E-state index in [1.807, 2.05) is 6.07 Å². The zero-order chi connectivity index (χ0) is 13.0. The second kappa shape index (κ2) is 5.78. The van der Waals surface area contributed by atoms with Crippen molar-refractivity contribution in [3.8, 4) is 0 Å². The van der Waals surface area contributed by atoms with E-state index < -0.39 is 6.10 Å². The molecule has 0 aliphatic heterocycles. The summed E-state index contributed by atoms with van der Waals surface area (Å²) in [6.07, 6.45) is 0.932. The number of aryl methyl sites for hydroxylation is 2. The van der Waals surface area contributed by atoms with E-state index >= 15 is 0 Å². The van der Waals surface area contributed by atoms with Crippen molar-refractivity contribution in [2.24, 2.45) is 0 Å². The maximum atomic E-state index is 12.8. The minimum Gasteiger partial charge on any atom is -0.388 e. The first-order valence-corrected chi connectivity index (χ1v) is 6.14. The van der Waals surface area contributed by atoms with Crippen molar-refractivity contribution in [2.45, 2.75) is 25.9 Å². The molecule has 1 unspecified atom stereocenters. The van der Waals surface area contributed by atoms with Crippen molar-refractivity contribution in [1.29, 1.82) is 0 Å². The van der Waals surface area contributed by atoms with Crippen molar-refractivity contribution in [1.82, 2.24) is 0 Å². The Morgan fingerprint density at radius 1 is 1.11 bits per heavy atom. The quantitative estimate of drug-likeness (QED) is 0.867. The van der Waals surface area contributed by atoms with Crippen LogP contribution in [0.3, 0.4) is 0 Å². The van der Waals surface area contributed by atoms with Crippen LogP contribution in [0.4, 0.5) is 4.39 Å². The van der Waals surface area contributed by atoms with E-state index in [1.54, 1.807) is 12.1 Å². The molecule has 1 N–H and O–H groups in total. The Bertz CT molecular complexity index is 505. The summed E-state index contributed by atoms with van der Waals surface area (Å²) in [4.78, 5) is 0. The Hall–Kier alpha value is -1.67. The largest absolute Gasteiger partial charge is 0.388 e. The molecule has 0 saturated heterocycles. The van der Waals surface area contributed by atoms with E-state index in [9.17, 15) is 9.50 Å². The van der Waals surface area contributed by atoms with E-state index in [4.69, 9.17) is 0 Å².